The molecular weight excluding hydrogens is 270 g/mol. The molecule has 6 heteroatoms. The number of carbonyl (C=O) groups is 1. The second kappa shape index (κ2) is 6.11. The number of hydrogen-bond acceptors (Lipinski definition) is 4. The maximum Gasteiger partial charge on any atom is 0.269 e. The fourth-order valence-electron chi connectivity index (χ4n) is 2.68. The molecule has 0 aromatic heterocycles. The number of non-ortho nitro benzene ring substituents is 1. The molecule has 1 aromatic carbocycles. The Hall–Kier alpha value is -2.11. The van der Waals surface area contributed by atoms with Gasteiger partial charge in [0, 0.05) is 49.9 Å². The van der Waals surface area contributed by atoms with Crippen molar-refractivity contribution < 1.29 is 9.72 Å². The minimum absolute atomic E-state index is 0.0519. The molecule has 1 aliphatic rings. The van der Waals surface area contributed by atoms with Gasteiger partial charge in [-0.1, -0.05) is 13.8 Å². The van der Waals surface area contributed by atoms with Crippen LogP contribution in [0.3, 0.4) is 0 Å². The normalized spacial score (nSPS) is 18.4. The number of nitro groups is 1. The highest BCUT2D eigenvalue weighted by Gasteiger charge is 2.31. The number of anilines is 1. The van der Waals surface area contributed by atoms with Gasteiger partial charge in [0.1, 0.15) is 0 Å². The number of benzene rings is 1. The molecule has 1 amide bonds. The molecule has 1 aliphatic heterocycles. The van der Waals surface area contributed by atoms with E-state index >= 15 is 0 Å². The smallest absolute Gasteiger partial charge is 0.269 e. The number of hydrogen-bond donors (Lipinski definition) is 1. The highest BCUT2D eigenvalue weighted by atomic mass is 16.6. The fraction of sp³-hybridized carbons (Fsp3) is 0.533. The first-order valence-electron chi connectivity index (χ1n) is 7.15. The van der Waals surface area contributed by atoms with Crippen LogP contribution in [0, 0.1) is 22.0 Å². The maximum absolute atomic E-state index is 12.1. The Kier molecular flexibility index (Phi) is 4.45. The van der Waals surface area contributed by atoms with E-state index in [0.717, 1.165) is 17.8 Å². The number of rotatable bonds is 5. The van der Waals surface area contributed by atoms with Crippen molar-refractivity contribution in [2.75, 3.05) is 18.9 Å². The number of nitrogens with zero attached hydrogens (tertiary/aromatic N) is 2. The Morgan fingerprint density at radius 3 is 2.71 bits per heavy atom. The molecule has 0 spiro atoms. The van der Waals surface area contributed by atoms with Crippen molar-refractivity contribution in [2.45, 2.75) is 26.8 Å². The van der Waals surface area contributed by atoms with E-state index in [1.165, 1.54) is 6.07 Å². The van der Waals surface area contributed by atoms with Crippen LogP contribution in [-0.4, -0.2) is 29.3 Å². The minimum atomic E-state index is -0.411. The van der Waals surface area contributed by atoms with Gasteiger partial charge in [-0.3, -0.25) is 14.9 Å². The molecule has 0 aliphatic carbocycles. The summed E-state index contributed by atoms with van der Waals surface area (Å²) < 4.78 is 0. The van der Waals surface area contributed by atoms with Gasteiger partial charge in [-0.25, -0.2) is 0 Å². The van der Waals surface area contributed by atoms with E-state index in [0.29, 0.717) is 24.8 Å². The van der Waals surface area contributed by atoms with Gasteiger partial charge < -0.3 is 10.2 Å². The Balaban J connectivity index is 2.20. The summed E-state index contributed by atoms with van der Waals surface area (Å²) >= 11 is 0. The summed E-state index contributed by atoms with van der Waals surface area (Å²) in [5, 5.41) is 13.9. The Labute approximate surface area is 124 Å². The summed E-state index contributed by atoms with van der Waals surface area (Å²) in [5.41, 5.74) is 1.65. The molecule has 1 N–H and O–H groups in total. The van der Waals surface area contributed by atoms with Crippen LogP contribution < -0.4 is 5.32 Å². The van der Waals surface area contributed by atoms with Crippen molar-refractivity contribution in [3.8, 4) is 0 Å². The zero-order chi connectivity index (χ0) is 15.6. The Morgan fingerprint density at radius 1 is 1.48 bits per heavy atom. The summed E-state index contributed by atoms with van der Waals surface area (Å²) in [4.78, 5) is 24.4. The third-order valence-electron chi connectivity index (χ3n) is 4.12. The SMILES string of the molecule is CNc1ccc([N+](=O)[O-])cc1CN1CC(C(C)C)CC1=O. The number of nitro benzene ring substituents is 1. The lowest BCUT2D eigenvalue weighted by Crippen LogP contribution is -2.25. The minimum Gasteiger partial charge on any atom is -0.388 e. The lowest BCUT2D eigenvalue weighted by Gasteiger charge is -2.19. The quantitative estimate of drug-likeness (QED) is 0.668. The molecule has 114 valence electrons. The molecule has 1 heterocycles. The highest BCUT2D eigenvalue weighted by Crippen LogP contribution is 2.29. The Morgan fingerprint density at radius 2 is 2.19 bits per heavy atom. The number of amides is 1. The second-order valence-electron chi connectivity index (χ2n) is 5.83. The third-order valence-corrected chi connectivity index (χ3v) is 4.12. The molecule has 1 fully saturated rings. The molecule has 1 saturated heterocycles. The van der Waals surface area contributed by atoms with Gasteiger partial charge >= 0.3 is 0 Å². The van der Waals surface area contributed by atoms with Gasteiger partial charge in [-0.2, -0.15) is 0 Å². The molecule has 0 saturated carbocycles. The number of nitrogens with one attached hydrogen (secondary N) is 1. The van der Waals surface area contributed by atoms with Gasteiger partial charge in [0.05, 0.1) is 4.92 Å². The molecular formula is C15H21N3O3. The van der Waals surface area contributed by atoms with Gasteiger partial charge in [-0.15, -0.1) is 0 Å². The maximum atomic E-state index is 12.1. The zero-order valence-electron chi connectivity index (χ0n) is 12.6. The van der Waals surface area contributed by atoms with E-state index in [2.05, 4.69) is 19.2 Å². The largest absolute Gasteiger partial charge is 0.388 e. The van der Waals surface area contributed by atoms with Crippen LogP contribution in [0.25, 0.3) is 0 Å². The average molecular weight is 291 g/mol. The highest BCUT2D eigenvalue weighted by molar-refractivity contribution is 5.79. The van der Waals surface area contributed by atoms with Crippen LogP contribution in [-0.2, 0) is 11.3 Å². The summed E-state index contributed by atoms with van der Waals surface area (Å²) in [5.74, 6) is 0.962. The van der Waals surface area contributed by atoms with Crippen LogP contribution in [0.5, 0.6) is 0 Å². The fourth-order valence-corrected chi connectivity index (χ4v) is 2.68. The summed E-state index contributed by atoms with van der Waals surface area (Å²) in [6.45, 7) is 5.38. The van der Waals surface area contributed by atoms with Gasteiger partial charge in [0.2, 0.25) is 5.91 Å². The lowest BCUT2D eigenvalue weighted by molar-refractivity contribution is -0.384. The molecule has 2 rings (SSSR count). The predicted molar refractivity (Wildman–Crippen MR) is 81.0 cm³/mol. The van der Waals surface area contributed by atoms with Gasteiger partial charge in [0.15, 0.2) is 0 Å². The van der Waals surface area contributed by atoms with Crippen molar-refractivity contribution in [3.05, 3.63) is 33.9 Å². The van der Waals surface area contributed by atoms with E-state index in [1.54, 1.807) is 24.1 Å². The average Bonchev–Trinajstić information content (AvgIpc) is 2.80. The molecule has 1 unspecified atom stereocenters. The number of likely N-dealkylation sites (tertiary alicyclic amines) is 1. The van der Waals surface area contributed by atoms with Crippen LogP contribution in [0.15, 0.2) is 18.2 Å². The van der Waals surface area contributed by atoms with Crippen LogP contribution >= 0.6 is 0 Å². The summed E-state index contributed by atoms with van der Waals surface area (Å²) in [6, 6.07) is 4.70. The van der Waals surface area contributed by atoms with E-state index in [9.17, 15) is 14.9 Å². The molecule has 1 aromatic rings. The van der Waals surface area contributed by atoms with Crippen LogP contribution in [0.2, 0.25) is 0 Å². The second-order valence-corrected chi connectivity index (χ2v) is 5.83. The monoisotopic (exact) mass is 291 g/mol. The van der Waals surface area contributed by atoms with Crippen molar-refractivity contribution in [2.24, 2.45) is 11.8 Å². The molecule has 21 heavy (non-hydrogen) atoms. The standard InChI is InChI=1S/C15H21N3O3/c1-10(2)11-7-15(19)17(8-11)9-12-6-13(18(20)21)4-5-14(12)16-3/h4-6,10-11,16H,7-9H2,1-3H3. The first-order valence-corrected chi connectivity index (χ1v) is 7.15. The van der Waals surface area contributed by atoms with E-state index in [-0.39, 0.29) is 11.6 Å². The first-order chi connectivity index (χ1) is 9.92. The van der Waals surface area contributed by atoms with Gasteiger partial charge in [0.25, 0.3) is 5.69 Å². The third kappa shape index (κ3) is 3.32. The van der Waals surface area contributed by atoms with Gasteiger partial charge in [-0.05, 0) is 17.9 Å². The molecule has 1 atom stereocenters. The van der Waals surface area contributed by atoms with E-state index in [1.807, 2.05) is 0 Å². The molecule has 0 bridgehead atoms. The van der Waals surface area contributed by atoms with Crippen molar-refractivity contribution in [1.82, 2.24) is 4.90 Å². The van der Waals surface area contributed by atoms with Crippen LogP contribution in [0.1, 0.15) is 25.8 Å². The molecule has 0 radical (unpaired) electrons. The summed E-state index contributed by atoms with van der Waals surface area (Å²) in [6.07, 6.45) is 0.571. The molecule has 6 nitrogen and oxygen atoms in total. The van der Waals surface area contributed by atoms with Crippen molar-refractivity contribution in [1.29, 1.82) is 0 Å². The van der Waals surface area contributed by atoms with Crippen LogP contribution in [0.4, 0.5) is 11.4 Å². The number of carbonyl (C=O) groups excluding carboxylic acids is 1. The predicted octanol–water partition coefficient (Wildman–Crippen LogP) is 2.64. The topological polar surface area (TPSA) is 75.5 Å². The zero-order valence-corrected chi connectivity index (χ0v) is 12.6. The van der Waals surface area contributed by atoms with E-state index < -0.39 is 4.92 Å². The summed E-state index contributed by atoms with van der Waals surface area (Å²) in [7, 11) is 1.77. The first kappa shape index (κ1) is 15.3. The van der Waals surface area contributed by atoms with Crippen molar-refractivity contribution in [3.63, 3.8) is 0 Å². The van der Waals surface area contributed by atoms with Crippen molar-refractivity contribution >= 4 is 17.3 Å². The Bertz CT molecular complexity index is 557. The van der Waals surface area contributed by atoms with E-state index in [4.69, 9.17) is 0 Å². The lowest BCUT2D eigenvalue weighted by atomic mass is 9.95.